The van der Waals surface area contributed by atoms with Gasteiger partial charge < -0.3 is 4.74 Å². The lowest BCUT2D eigenvalue weighted by atomic mass is 9.77. The summed E-state index contributed by atoms with van der Waals surface area (Å²) in [6.07, 6.45) is -6.21. The van der Waals surface area contributed by atoms with Crippen LogP contribution in [-0.4, -0.2) is 29.0 Å². The third-order valence-corrected chi connectivity index (χ3v) is 7.53. The van der Waals surface area contributed by atoms with Crippen molar-refractivity contribution < 1.29 is 37.1 Å². The molecule has 3 atom stereocenters. The molecule has 10 heteroatoms. The molecule has 2 saturated heterocycles. The predicted octanol–water partition coefficient (Wildman–Crippen LogP) is 5.05. The molecule has 37 heavy (non-hydrogen) atoms. The molecule has 0 N–H and O–H groups in total. The molecule has 1 spiro atoms. The predicted molar refractivity (Wildman–Crippen MR) is 124 cm³/mol. The number of halogens is 4. The SMILES string of the molecule is O=C1[C@@H]2[C@@H](C(=O)N1c1ccccc1C(F)(F)F)C1(O[C@H]2c2ccccc2Cl)C(=O)c2ccccc2C1=O. The average Bonchev–Trinajstić information content (AvgIpc) is 3.44. The Morgan fingerprint density at radius 2 is 1.35 bits per heavy atom. The molecule has 3 aliphatic rings. The Morgan fingerprint density at radius 1 is 0.784 bits per heavy atom. The number of rotatable bonds is 2. The first-order chi connectivity index (χ1) is 17.6. The first-order valence-electron chi connectivity index (χ1n) is 11.2. The zero-order chi connectivity index (χ0) is 26.3. The number of imide groups is 1. The van der Waals surface area contributed by atoms with Crippen LogP contribution in [0.3, 0.4) is 0 Å². The first-order valence-corrected chi connectivity index (χ1v) is 11.6. The first kappa shape index (κ1) is 23.6. The number of amides is 2. The maximum Gasteiger partial charge on any atom is 0.418 e. The van der Waals surface area contributed by atoms with Crippen molar-refractivity contribution in [2.24, 2.45) is 11.8 Å². The van der Waals surface area contributed by atoms with E-state index in [1.165, 1.54) is 42.5 Å². The molecule has 186 valence electrons. The molecule has 6 nitrogen and oxygen atoms in total. The highest BCUT2D eigenvalue weighted by atomic mass is 35.5. The summed E-state index contributed by atoms with van der Waals surface area (Å²) in [5, 5.41) is 0.146. The van der Waals surface area contributed by atoms with E-state index in [-0.39, 0.29) is 21.7 Å². The number of ketones is 2. The van der Waals surface area contributed by atoms with Crippen molar-refractivity contribution in [1.29, 1.82) is 0 Å². The van der Waals surface area contributed by atoms with E-state index in [1.54, 1.807) is 12.1 Å². The molecule has 0 bridgehead atoms. The summed E-state index contributed by atoms with van der Waals surface area (Å²) in [5.41, 5.74) is -4.02. The molecular formula is C27H15ClF3NO5. The smallest absolute Gasteiger partial charge is 0.349 e. The van der Waals surface area contributed by atoms with E-state index < -0.39 is 64.3 Å². The topological polar surface area (TPSA) is 80.8 Å². The van der Waals surface area contributed by atoms with Crippen molar-refractivity contribution in [3.05, 3.63) is 100 Å². The number of benzene rings is 3. The lowest BCUT2D eigenvalue weighted by Crippen LogP contribution is -2.51. The van der Waals surface area contributed by atoms with Gasteiger partial charge in [0, 0.05) is 21.7 Å². The zero-order valence-electron chi connectivity index (χ0n) is 18.7. The number of nitrogens with zero attached hydrogens (tertiary/aromatic N) is 1. The Hall–Kier alpha value is -3.82. The standard InChI is InChI=1S/C27H15ClF3NO5/c28-17-11-5-3-9-15(17)21-19-20(26(37-21)22(33)13-7-1-2-8-14(13)23(26)34)25(36)32(24(19)35)18-12-6-4-10-16(18)27(29,30)31/h1-12,19-21H/t19-,20+,21+/m1/s1. The lowest BCUT2D eigenvalue weighted by Gasteiger charge is -2.28. The van der Waals surface area contributed by atoms with Crippen molar-refractivity contribution in [2.75, 3.05) is 4.90 Å². The van der Waals surface area contributed by atoms with Gasteiger partial charge in [0.2, 0.25) is 29.0 Å². The Bertz CT molecular complexity index is 1500. The molecule has 0 aromatic heterocycles. The number of ether oxygens (including phenoxy) is 1. The number of carbonyl (C=O) groups excluding carboxylic acids is 4. The molecule has 2 amide bonds. The van der Waals surface area contributed by atoms with E-state index in [4.69, 9.17) is 16.3 Å². The van der Waals surface area contributed by atoms with Crippen LogP contribution in [0.5, 0.6) is 0 Å². The quantitative estimate of drug-likeness (QED) is 0.345. The summed E-state index contributed by atoms with van der Waals surface area (Å²) in [5.74, 6) is -6.90. The summed E-state index contributed by atoms with van der Waals surface area (Å²) in [6.45, 7) is 0. The average molecular weight is 526 g/mol. The van der Waals surface area contributed by atoms with Crippen molar-refractivity contribution in [2.45, 2.75) is 17.9 Å². The van der Waals surface area contributed by atoms with Crippen LogP contribution in [0.1, 0.15) is 37.9 Å². The summed E-state index contributed by atoms with van der Waals surface area (Å²) >= 11 is 6.37. The van der Waals surface area contributed by atoms with Crippen LogP contribution >= 0.6 is 11.6 Å². The third kappa shape index (κ3) is 3.04. The highest BCUT2D eigenvalue weighted by molar-refractivity contribution is 6.37. The molecule has 2 aliphatic heterocycles. The Balaban J connectivity index is 1.58. The van der Waals surface area contributed by atoms with Crippen LogP contribution in [0.4, 0.5) is 18.9 Å². The van der Waals surface area contributed by atoms with Gasteiger partial charge >= 0.3 is 6.18 Å². The van der Waals surface area contributed by atoms with Crippen LogP contribution in [0.15, 0.2) is 72.8 Å². The minimum atomic E-state index is -4.87. The Labute approximate surface area is 212 Å². The van der Waals surface area contributed by atoms with E-state index in [9.17, 15) is 32.3 Å². The van der Waals surface area contributed by atoms with Crippen LogP contribution in [0.2, 0.25) is 5.02 Å². The minimum absolute atomic E-state index is 0.0143. The molecule has 0 saturated carbocycles. The summed E-state index contributed by atoms with van der Waals surface area (Å²) in [6, 6.07) is 16.3. The Morgan fingerprint density at radius 3 is 1.97 bits per heavy atom. The number of para-hydroxylation sites is 1. The molecule has 6 rings (SSSR count). The Kier molecular flexibility index (Phi) is 4.99. The van der Waals surface area contributed by atoms with Crippen molar-refractivity contribution in [3.63, 3.8) is 0 Å². The molecule has 1 aliphatic carbocycles. The molecule has 2 heterocycles. The second-order valence-electron chi connectivity index (χ2n) is 9.03. The number of carbonyl (C=O) groups is 4. The number of anilines is 1. The maximum atomic E-state index is 13.9. The van der Waals surface area contributed by atoms with Crippen LogP contribution < -0.4 is 4.90 Å². The van der Waals surface area contributed by atoms with Gasteiger partial charge in [0.05, 0.1) is 29.2 Å². The lowest BCUT2D eigenvalue weighted by molar-refractivity contribution is -0.137. The van der Waals surface area contributed by atoms with Gasteiger partial charge in [-0.1, -0.05) is 66.2 Å². The van der Waals surface area contributed by atoms with Gasteiger partial charge in [0.15, 0.2) is 0 Å². The zero-order valence-corrected chi connectivity index (χ0v) is 19.4. The summed E-state index contributed by atoms with van der Waals surface area (Å²) < 4.78 is 47.6. The van der Waals surface area contributed by atoms with Gasteiger partial charge in [-0.05, 0) is 18.2 Å². The second-order valence-corrected chi connectivity index (χ2v) is 9.44. The van der Waals surface area contributed by atoms with Crippen LogP contribution in [0, 0.1) is 11.8 Å². The highest BCUT2D eigenvalue weighted by Gasteiger charge is 2.75. The fourth-order valence-corrected chi connectivity index (χ4v) is 5.89. The van der Waals surface area contributed by atoms with E-state index >= 15 is 0 Å². The molecule has 3 aromatic rings. The van der Waals surface area contributed by atoms with Gasteiger partial charge in [0.1, 0.15) is 0 Å². The largest absolute Gasteiger partial charge is 0.418 e. The van der Waals surface area contributed by atoms with Gasteiger partial charge in [0.25, 0.3) is 0 Å². The van der Waals surface area contributed by atoms with E-state index in [2.05, 4.69) is 0 Å². The van der Waals surface area contributed by atoms with Crippen molar-refractivity contribution in [1.82, 2.24) is 0 Å². The van der Waals surface area contributed by atoms with Crippen molar-refractivity contribution in [3.8, 4) is 0 Å². The second kappa shape index (κ2) is 7.84. The van der Waals surface area contributed by atoms with Crippen molar-refractivity contribution >= 4 is 40.7 Å². The van der Waals surface area contributed by atoms with Crippen LogP contribution in [0.25, 0.3) is 0 Å². The molecular weight excluding hydrogens is 511 g/mol. The van der Waals surface area contributed by atoms with E-state index in [0.717, 1.165) is 18.2 Å². The minimum Gasteiger partial charge on any atom is -0.349 e. The number of fused-ring (bicyclic) bond motifs is 3. The maximum absolute atomic E-state index is 13.9. The number of hydrogen-bond acceptors (Lipinski definition) is 5. The molecule has 2 fully saturated rings. The summed E-state index contributed by atoms with van der Waals surface area (Å²) in [4.78, 5) is 55.5. The highest BCUT2D eigenvalue weighted by Crippen LogP contribution is 2.58. The van der Waals surface area contributed by atoms with E-state index in [0.29, 0.717) is 4.90 Å². The number of hydrogen-bond donors (Lipinski definition) is 0. The molecule has 3 aromatic carbocycles. The fourth-order valence-electron chi connectivity index (χ4n) is 5.65. The summed E-state index contributed by atoms with van der Waals surface area (Å²) in [7, 11) is 0. The normalized spacial score (nSPS) is 24.2. The van der Waals surface area contributed by atoms with Gasteiger partial charge in [-0.25, -0.2) is 4.90 Å². The molecule has 0 radical (unpaired) electrons. The van der Waals surface area contributed by atoms with Gasteiger partial charge in [-0.3, -0.25) is 19.2 Å². The van der Waals surface area contributed by atoms with Gasteiger partial charge in [-0.2, -0.15) is 13.2 Å². The third-order valence-electron chi connectivity index (χ3n) is 7.18. The molecule has 0 unspecified atom stereocenters. The van der Waals surface area contributed by atoms with Gasteiger partial charge in [-0.15, -0.1) is 0 Å². The van der Waals surface area contributed by atoms with E-state index in [1.807, 2.05) is 0 Å². The number of Topliss-reactive ketones (excluding diaryl/α,β-unsaturated/α-hetero) is 2. The monoisotopic (exact) mass is 525 g/mol. The fraction of sp³-hybridized carbons (Fsp3) is 0.185. The van der Waals surface area contributed by atoms with Crippen LogP contribution in [-0.2, 0) is 20.5 Å². The number of alkyl halides is 3.